The first-order valence-corrected chi connectivity index (χ1v) is 7.00. The molecule has 0 spiro atoms. The van der Waals surface area contributed by atoms with Crippen molar-refractivity contribution >= 4 is 17.2 Å². The van der Waals surface area contributed by atoms with Crippen molar-refractivity contribution in [3.63, 3.8) is 0 Å². The number of nitrogens with two attached hydrogens (primary N) is 1. The number of benzene rings is 1. The number of aryl methyl sites for hydroxylation is 1. The molecule has 0 saturated heterocycles. The molecule has 0 radical (unpaired) electrons. The lowest BCUT2D eigenvalue weighted by Crippen LogP contribution is -2.15. The fraction of sp³-hybridized carbons (Fsp3) is 0.286. The van der Waals surface area contributed by atoms with Crippen LogP contribution in [0.3, 0.4) is 0 Å². The normalized spacial score (nSPS) is 14.2. The van der Waals surface area contributed by atoms with Gasteiger partial charge in [0.2, 0.25) is 5.91 Å². The smallest absolute Gasteiger partial charge is 0.249 e. The highest BCUT2D eigenvalue weighted by atomic mass is 32.1. The molecule has 3 nitrogen and oxygen atoms in total. The molecule has 4 heteroatoms. The lowest BCUT2D eigenvalue weighted by atomic mass is 9.86. The lowest BCUT2D eigenvalue weighted by Gasteiger charge is -2.20. The van der Waals surface area contributed by atoms with E-state index in [4.69, 9.17) is 5.73 Å². The first-order chi connectivity index (χ1) is 8.77. The number of aromatic nitrogens is 1. The number of fused-ring (bicyclic) bond motifs is 1. The minimum absolute atomic E-state index is 0.367. The topological polar surface area (TPSA) is 56.0 Å². The highest BCUT2D eigenvalue weighted by Gasteiger charge is 2.21. The molecule has 2 N–H and O–H groups in total. The molecular formula is C14H14N2OS. The maximum Gasteiger partial charge on any atom is 0.249 e. The summed E-state index contributed by atoms with van der Waals surface area (Å²) in [5.41, 5.74) is 9.68. The standard InChI is InChI=1S/C14H14N2OS/c15-13(17)11-6-5-9-3-1-2-4-10(9)12(11)14-16-7-8-18-14/h5-8H,1-4H2,(H2,15,17). The predicted molar refractivity (Wildman–Crippen MR) is 72.7 cm³/mol. The lowest BCUT2D eigenvalue weighted by molar-refractivity contribution is 0.100. The summed E-state index contributed by atoms with van der Waals surface area (Å²) in [6.45, 7) is 0. The number of hydrogen-bond donors (Lipinski definition) is 1. The van der Waals surface area contributed by atoms with Gasteiger partial charge in [-0.2, -0.15) is 0 Å². The zero-order valence-corrected chi connectivity index (χ0v) is 10.8. The van der Waals surface area contributed by atoms with Gasteiger partial charge in [0.05, 0.1) is 0 Å². The summed E-state index contributed by atoms with van der Waals surface area (Å²) in [5, 5.41) is 2.84. The zero-order valence-electron chi connectivity index (χ0n) is 9.98. The minimum Gasteiger partial charge on any atom is -0.366 e. The van der Waals surface area contributed by atoms with Gasteiger partial charge in [0.15, 0.2) is 0 Å². The third-order valence-corrected chi connectivity index (χ3v) is 4.24. The van der Waals surface area contributed by atoms with Crippen LogP contribution in [0.4, 0.5) is 0 Å². The van der Waals surface area contributed by atoms with Gasteiger partial charge in [-0.25, -0.2) is 4.98 Å². The molecule has 0 saturated carbocycles. The van der Waals surface area contributed by atoms with E-state index >= 15 is 0 Å². The van der Waals surface area contributed by atoms with Crippen molar-refractivity contribution < 1.29 is 4.79 Å². The molecular weight excluding hydrogens is 244 g/mol. The molecule has 0 aliphatic heterocycles. The molecule has 1 heterocycles. The molecule has 1 amide bonds. The van der Waals surface area contributed by atoms with E-state index in [2.05, 4.69) is 4.98 Å². The first kappa shape index (κ1) is 11.4. The average Bonchev–Trinajstić information content (AvgIpc) is 2.90. The van der Waals surface area contributed by atoms with Crippen LogP contribution in [0.25, 0.3) is 10.6 Å². The summed E-state index contributed by atoms with van der Waals surface area (Å²) < 4.78 is 0. The second kappa shape index (κ2) is 4.53. The summed E-state index contributed by atoms with van der Waals surface area (Å²) in [6, 6.07) is 3.90. The van der Waals surface area contributed by atoms with Crippen LogP contribution in [0, 0.1) is 0 Å². The number of thiazole rings is 1. The summed E-state index contributed by atoms with van der Waals surface area (Å²) in [7, 11) is 0. The number of hydrogen-bond acceptors (Lipinski definition) is 3. The molecule has 1 aromatic carbocycles. The molecule has 0 bridgehead atoms. The SMILES string of the molecule is NC(=O)c1ccc2c(c1-c1nccs1)CCCC2. The van der Waals surface area contributed by atoms with Crippen LogP contribution in [0.5, 0.6) is 0 Å². The molecule has 0 unspecified atom stereocenters. The Bertz CT molecular complexity index is 590. The van der Waals surface area contributed by atoms with E-state index in [1.165, 1.54) is 24.0 Å². The molecule has 18 heavy (non-hydrogen) atoms. The van der Waals surface area contributed by atoms with Gasteiger partial charge in [0, 0.05) is 22.7 Å². The number of carbonyl (C=O) groups is 1. The van der Waals surface area contributed by atoms with Gasteiger partial charge < -0.3 is 5.73 Å². The molecule has 0 fully saturated rings. The van der Waals surface area contributed by atoms with Crippen molar-refractivity contribution in [1.29, 1.82) is 0 Å². The van der Waals surface area contributed by atoms with Crippen LogP contribution in [-0.2, 0) is 12.8 Å². The fourth-order valence-electron chi connectivity index (χ4n) is 2.62. The van der Waals surface area contributed by atoms with E-state index in [1.807, 2.05) is 17.5 Å². The van der Waals surface area contributed by atoms with E-state index < -0.39 is 0 Å². The molecule has 1 aliphatic rings. The van der Waals surface area contributed by atoms with E-state index in [0.29, 0.717) is 5.56 Å². The van der Waals surface area contributed by atoms with Crippen LogP contribution >= 0.6 is 11.3 Å². The summed E-state index contributed by atoms with van der Waals surface area (Å²) in [5.74, 6) is -0.367. The number of primary amides is 1. The van der Waals surface area contributed by atoms with Gasteiger partial charge >= 0.3 is 0 Å². The highest BCUT2D eigenvalue weighted by molar-refractivity contribution is 7.13. The Morgan fingerprint density at radius 2 is 2.11 bits per heavy atom. The maximum atomic E-state index is 11.6. The Balaban J connectivity index is 2.27. The van der Waals surface area contributed by atoms with Crippen LogP contribution in [0.1, 0.15) is 34.3 Å². The zero-order chi connectivity index (χ0) is 12.5. The van der Waals surface area contributed by atoms with E-state index in [9.17, 15) is 4.79 Å². The number of amides is 1. The second-order valence-electron chi connectivity index (χ2n) is 4.53. The van der Waals surface area contributed by atoms with Gasteiger partial charge in [-0.3, -0.25) is 4.79 Å². The minimum atomic E-state index is -0.367. The Kier molecular flexibility index (Phi) is 2.88. The third kappa shape index (κ3) is 1.82. The number of carbonyl (C=O) groups excluding carboxylic acids is 1. The molecule has 0 atom stereocenters. The maximum absolute atomic E-state index is 11.6. The van der Waals surface area contributed by atoms with Gasteiger partial charge in [-0.15, -0.1) is 11.3 Å². The fourth-order valence-corrected chi connectivity index (χ4v) is 3.35. The predicted octanol–water partition coefficient (Wildman–Crippen LogP) is 2.79. The van der Waals surface area contributed by atoms with Crippen molar-refractivity contribution in [2.75, 3.05) is 0 Å². The van der Waals surface area contributed by atoms with E-state index in [1.54, 1.807) is 17.5 Å². The van der Waals surface area contributed by atoms with Crippen LogP contribution in [0.2, 0.25) is 0 Å². The molecule has 1 aliphatic carbocycles. The Hall–Kier alpha value is -1.68. The molecule has 2 aromatic rings. The second-order valence-corrected chi connectivity index (χ2v) is 5.43. The Morgan fingerprint density at radius 1 is 1.28 bits per heavy atom. The average molecular weight is 258 g/mol. The quantitative estimate of drug-likeness (QED) is 0.900. The molecule has 92 valence electrons. The van der Waals surface area contributed by atoms with Crippen LogP contribution in [0.15, 0.2) is 23.7 Å². The van der Waals surface area contributed by atoms with Crippen molar-refractivity contribution in [2.45, 2.75) is 25.7 Å². The van der Waals surface area contributed by atoms with Crippen molar-refractivity contribution in [2.24, 2.45) is 5.73 Å². The van der Waals surface area contributed by atoms with Crippen molar-refractivity contribution in [1.82, 2.24) is 4.98 Å². The van der Waals surface area contributed by atoms with Crippen molar-refractivity contribution in [3.05, 3.63) is 40.4 Å². The van der Waals surface area contributed by atoms with Crippen LogP contribution in [-0.4, -0.2) is 10.9 Å². The first-order valence-electron chi connectivity index (χ1n) is 6.12. The number of rotatable bonds is 2. The largest absolute Gasteiger partial charge is 0.366 e. The summed E-state index contributed by atoms with van der Waals surface area (Å²) >= 11 is 1.56. The molecule has 3 rings (SSSR count). The van der Waals surface area contributed by atoms with Crippen LogP contribution < -0.4 is 5.73 Å². The molecule has 1 aromatic heterocycles. The summed E-state index contributed by atoms with van der Waals surface area (Å²) in [4.78, 5) is 16.0. The van der Waals surface area contributed by atoms with Gasteiger partial charge in [0.25, 0.3) is 0 Å². The van der Waals surface area contributed by atoms with E-state index in [-0.39, 0.29) is 5.91 Å². The third-order valence-electron chi connectivity index (χ3n) is 3.44. The summed E-state index contributed by atoms with van der Waals surface area (Å²) in [6.07, 6.45) is 6.28. The van der Waals surface area contributed by atoms with Gasteiger partial charge in [-0.05, 0) is 42.9 Å². The highest BCUT2D eigenvalue weighted by Crippen LogP contribution is 2.35. The Morgan fingerprint density at radius 3 is 2.83 bits per heavy atom. The monoisotopic (exact) mass is 258 g/mol. The Labute approximate surface area is 110 Å². The van der Waals surface area contributed by atoms with Crippen molar-refractivity contribution in [3.8, 4) is 10.6 Å². The number of nitrogens with zero attached hydrogens (tertiary/aromatic N) is 1. The van der Waals surface area contributed by atoms with Gasteiger partial charge in [-0.1, -0.05) is 6.07 Å². The van der Waals surface area contributed by atoms with Gasteiger partial charge in [0.1, 0.15) is 5.01 Å². The van der Waals surface area contributed by atoms with E-state index in [0.717, 1.165) is 23.4 Å².